The van der Waals surface area contributed by atoms with E-state index in [1.54, 1.807) is 10.9 Å². The third-order valence-electron chi connectivity index (χ3n) is 3.21. The van der Waals surface area contributed by atoms with Crippen LogP contribution in [0.2, 0.25) is 0 Å². The van der Waals surface area contributed by atoms with Crippen molar-refractivity contribution in [2.24, 2.45) is 5.92 Å². The predicted molar refractivity (Wildman–Crippen MR) is 80.0 cm³/mol. The van der Waals surface area contributed by atoms with Crippen molar-refractivity contribution in [3.63, 3.8) is 0 Å². The first-order chi connectivity index (χ1) is 9.36. The van der Waals surface area contributed by atoms with Crippen LogP contribution in [0, 0.1) is 5.92 Å². The first kappa shape index (κ1) is 17.1. The van der Waals surface area contributed by atoms with E-state index in [0.717, 1.165) is 19.5 Å². The number of nitrogens with zero attached hydrogens (tertiary/aromatic N) is 2. The van der Waals surface area contributed by atoms with Crippen LogP contribution in [0.5, 0.6) is 0 Å². The van der Waals surface area contributed by atoms with E-state index in [4.69, 9.17) is 0 Å². The summed E-state index contributed by atoms with van der Waals surface area (Å²) in [4.78, 5) is 0.223. The lowest BCUT2D eigenvalue weighted by molar-refractivity contribution is 0.476. The van der Waals surface area contributed by atoms with Gasteiger partial charge in [0.05, 0.1) is 12.7 Å². The van der Waals surface area contributed by atoms with E-state index >= 15 is 0 Å². The Balaban J connectivity index is 2.61. The predicted octanol–water partition coefficient (Wildman–Crippen LogP) is 1.21. The fourth-order valence-corrected chi connectivity index (χ4v) is 2.89. The molecule has 0 aliphatic rings. The second kappa shape index (κ2) is 7.75. The van der Waals surface area contributed by atoms with Crippen molar-refractivity contribution in [2.45, 2.75) is 51.6 Å². The third-order valence-corrected chi connectivity index (χ3v) is 4.72. The molecule has 0 aliphatic carbocycles. The van der Waals surface area contributed by atoms with Gasteiger partial charge in [-0.15, -0.1) is 0 Å². The number of sulfonamides is 1. The second-order valence-corrected chi connectivity index (χ2v) is 7.06. The van der Waals surface area contributed by atoms with Crippen molar-refractivity contribution in [1.29, 1.82) is 0 Å². The number of rotatable bonds is 9. The van der Waals surface area contributed by atoms with Gasteiger partial charge >= 0.3 is 0 Å². The Morgan fingerprint density at radius 1 is 1.30 bits per heavy atom. The molecule has 0 aromatic carbocycles. The summed E-state index contributed by atoms with van der Waals surface area (Å²) in [5.41, 5.74) is 0. The molecule has 7 heteroatoms. The maximum Gasteiger partial charge on any atom is 0.243 e. The molecule has 6 nitrogen and oxygen atoms in total. The summed E-state index contributed by atoms with van der Waals surface area (Å²) in [7, 11) is -3.47. The van der Waals surface area contributed by atoms with Gasteiger partial charge < -0.3 is 5.32 Å². The van der Waals surface area contributed by atoms with Gasteiger partial charge in [0, 0.05) is 18.8 Å². The van der Waals surface area contributed by atoms with Crippen molar-refractivity contribution in [1.82, 2.24) is 19.8 Å². The van der Waals surface area contributed by atoms with Crippen molar-refractivity contribution in [3.8, 4) is 0 Å². The van der Waals surface area contributed by atoms with Gasteiger partial charge in [-0.25, -0.2) is 13.1 Å². The summed E-state index contributed by atoms with van der Waals surface area (Å²) in [5.74, 6) is 0.248. The Morgan fingerprint density at radius 2 is 2.00 bits per heavy atom. The van der Waals surface area contributed by atoms with Gasteiger partial charge in [0.1, 0.15) is 4.90 Å². The second-order valence-electron chi connectivity index (χ2n) is 5.34. The van der Waals surface area contributed by atoms with Crippen LogP contribution in [0.3, 0.4) is 0 Å². The summed E-state index contributed by atoms with van der Waals surface area (Å²) >= 11 is 0. The summed E-state index contributed by atoms with van der Waals surface area (Å²) in [5, 5.41) is 7.34. The molecule has 116 valence electrons. The van der Waals surface area contributed by atoms with Crippen LogP contribution in [-0.2, 0) is 16.6 Å². The number of aromatic nitrogens is 2. The molecule has 0 bridgehead atoms. The molecule has 0 spiro atoms. The van der Waals surface area contributed by atoms with Crippen LogP contribution in [0.15, 0.2) is 17.3 Å². The van der Waals surface area contributed by atoms with Crippen LogP contribution in [0.4, 0.5) is 0 Å². The molecule has 1 heterocycles. The summed E-state index contributed by atoms with van der Waals surface area (Å²) < 4.78 is 28.6. The number of nitrogens with one attached hydrogen (secondary N) is 2. The highest BCUT2D eigenvalue weighted by Crippen LogP contribution is 2.10. The molecule has 1 aromatic rings. The first-order valence-corrected chi connectivity index (χ1v) is 8.60. The van der Waals surface area contributed by atoms with Crippen LogP contribution < -0.4 is 10.0 Å². The maximum atomic E-state index is 12.2. The monoisotopic (exact) mass is 302 g/mol. The Hall–Kier alpha value is -0.920. The maximum absolute atomic E-state index is 12.2. The first-order valence-electron chi connectivity index (χ1n) is 7.12. The molecule has 0 aliphatic heterocycles. The molecule has 0 fully saturated rings. The van der Waals surface area contributed by atoms with Gasteiger partial charge in [-0.05, 0) is 25.8 Å². The van der Waals surface area contributed by atoms with E-state index in [0.29, 0.717) is 6.54 Å². The zero-order valence-electron chi connectivity index (χ0n) is 12.8. The minimum absolute atomic E-state index is 0.102. The molecule has 0 amide bonds. The lowest BCUT2D eigenvalue weighted by Gasteiger charge is -2.16. The molecule has 20 heavy (non-hydrogen) atoms. The minimum Gasteiger partial charge on any atom is -0.315 e. The van der Waals surface area contributed by atoms with Gasteiger partial charge in [0.25, 0.3) is 0 Å². The Kier molecular flexibility index (Phi) is 6.64. The normalized spacial score (nSPS) is 13.8. The van der Waals surface area contributed by atoms with Crippen LogP contribution in [0.1, 0.15) is 34.1 Å². The van der Waals surface area contributed by atoms with E-state index in [1.807, 2.05) is 20.8 Å². The zero-order valence-corrected chi connectivity index (χ0v) is 13.6. The van der Waals surface area contributed by atoms with Crippen molar-refractivity contribution in [2.75, 3.05) is 13.1 Å². The van der Waals surface area contributed by atoms with E-state index in [9.17, 15) is 8.42 Å². The molecule has 0 saturated carbocycles. The van der Waals surface area contributed by atoms with Crippen molar-refractivity contribution in [3.05, 3.63) is 12.4 Å². The molecule has 0 radical (unpaired) electrons. The molecule has 0 saturated heterocycles. The van der Waals surface area contributed by atoms with E-state index in [1.165, 1.54) is 6.20 Å². The van der Waals surface area contributed by atoms with E-state index in [-0.39, 0.29) is 16.9 Å². The summed E-state index contributed by atoms with van der Waals surface area (Å²) in [6, 6.07) is -0.102. The van der Waals surface area contributed by atoms with Crippen LogP contribution >= 0.6 is 0 Å². The lowest BCUT2D eigenvalue weighted by Crippen LogP contribution is -2.35. The molecular weight excluding hydrogens is 276 g/mol. The van der Waals surface area contributed by atoms with Crippen molar-refractivity contribution < 1.29 is 8.42 Å². The highest BCUT2D eigenvalue weighted by molar-refractivity contribution is 7.89. The number of hydrogen-bond acceptors (Lipinski definition) is 4. The van der Waals surface area contributed by atoms with Gasteiger partial charge in [0.15, 0.2) is 0 Å². The minimum atomic E-state index is -3.47. The average molecular weight is 302 g/mol. The quantitative estimate of drug-likeness (QED) is 0.672. The molecule has 1 aromatic heterocycles. The Bertz CT molecular complexity index is 496. The molecular formula is C13H26N4O2S. The van der Waals surface area contributed by atoms with Gasteiger partial charge in [-0.3, -0.25) is 4.68 Å². The highest BCUT2D eigenvalue weighted by Gasteiger charge is 2.20. The van der Waals surface area contributed by atoms with Gasteiger partial charge in [-0.2, -0.15) is 5.10 Å². The third kappa shape index (κ3) is 5.22. The fourth-order valence-electron chi connectivity index (χ4n) is 1.55. The molecule has 1 rings (SSSR count). The highest BCUT2D eigenvalue weighted by atomic mass is 32.2. The van der Waals surface area contributed by atoms with Crippen LogP contribution in [-0.4, -0.2) is 37.3 Å². The standard InChI is InChI=1S/C13H26N4O2S/c1-5-6-14-7-8-17-10-13(9-15-17)20(18,19)16-12(4)11(2)3/h9-12,14,16H,5-8H2,1-4H3. The smallest absolute Gasteiger partial charge is 0.243 e. The SMILES string of the molecule is CCCNCCn1cc(S(=O)(=O)NC(C)C(C)C)cn1. The van der Waals surface area contributed by atoms with Gasteiger partial charge in [-0.1, -0.05) is 20.8 Å². The lowest BCUT2D eigenvalue weighted by atomic mass is 10.1. The topological polar surface area (TPSA) is 76.0 Å². The van der Waals surface area contributed by atoms with Crippen LogP contribution in [0.25, 0.3) is 0 Å². The molecule has 1 atom stereocenters. The summed E-state index contributed by atoms with van der Waals surface area (Å²) in [6.07, 6.45) is 4.05. The molecule has 1 unspecified atom stereocenters. The number of hydrogen-bond donors (Lipinski definition) is 2. The van der Waals surface area contributed by atoms with E-state index < -0.39 is 10.0 Å². The molecule has 2 N–H and O–H groups in total. The zero-order chi connectivity index (χ0) is 15.2. The van der Waals surface area contributed by atoms with Gasteiger partial charge in [0.2, 0.25) is 10.0 Å². The Labute approximate surface area is 122 Å². The summed E-state index contributed by atoms with van der Waals surface area (Å²) in [6.45, 7) is 10.3. The van der Waals surface area contributed by atoms with E-state index in [2.05, 4.69) is 22.1 Å². The Morgan fingerprint density at radius 3 is 2.60 bits per heavy atom. The van der Waals surface area contributed by atoms with Crippen molar-refractivity contribution >= 4 is 10.0 Å². The largest absolute Gasteiger partial charge is 0.315 e. The average Bonchev–Trinajstić information content (AvgIpc) is 2.83. The fraction of sp³-hybridized carbons (Fsp3) is 0.769.